The first-order valence-corrected chi connectivity index (χ1v) is 7.40. The summed E-state index contributed by atoms with van der Waals surface area (Å²) in [5.74, 6) is 0. The van der Waals surface area contributed by atoms with Gasteiger partial charge in [-0.15, -0.1) is 24.8 Å². The van der Waals surface area contributed by atoms with E-state index >= 15 is 0 Å². The molecule has 2 nitrogen and oxygen atoms in total. The standard InChI is InChI=1S/C17H26N2.2ClH/c1-19(2)17-10-8-16(9-11-17)14-18-13-12-15-6-4-3-5-7-15;;/h6,8-11,18H,3-5,7,12-14H2,1-2H3;2*1H. The van der Waals surface area contributed by atoms with Gasteiger partial charge in [-0.1, -0.05) is 23.8 Å². The average molecular weight is 331 g/mol. The molecule has 2 rings (SSSR count). The van der Waals surface area contributed by atoms with Gasteiger partial charge in [0.05, 0.1) is 0 Å². The van der Waals surface area contributed by atoms with Crippen LogP contribution in [0.25, 0.3) is 0 Å². The van der Waals surface area contributed by atoms with Crippen LogP contribution in [0.3, 0.4) is 0 Å². The van der Waals surface area contributed by atoms with E-state index in [0.29, 0.717) is 0 Å². The summed E-state index contributed by atoms with van der Waals surface area (Å²) in [6.45, 7) is 2.07. The maximum absolute atomic E-state index is 3.54. The van der Waals surface area contributed by atoms with Crippen LogP contribution in [0, 0.1) is 0 Å². The van der Waals surface area contributed by atoms with Crippen LogP contribution in [-0.2, 0) is 6.54 Å². The van der Waals surface area contributed by atoms with Crippen molar-refractivity contribution in [2.45, 2.75) is 38.6 Å². The molecule has 0 atom stereocenters. The molecule has 1 N–H and O–H groups in total. The van der Waals surface area contributed by atoms with Crippen molar-refractivity contribution in [1.82, 2.24) is 5.32 Å². The summed E-state index contributed by atoms with van der Waals surface area (Å²) in [5.41, 5.74) is 4.28. The molecule has 0 saturated heterocycles. The van der Waals surface area contributed by atoms with Crippen molar-refractivity contribution in [3.8, 4) is 0 Å². The van der Waals surface area contributed by atoms with Gasteiger partial charge in [0.25, 0.3) is 0 Å². The Labute approximate surface area is 141 Å². The van der Waals surface area contributed by atoms with Gasteiger partial charge in [0.2, 0.25) is 0 Å². The van der Waals surface area contributed by atoms with E-state index in [1.807, 2.05) is 0 Å². The fourth-order valence-corrected chi connectivity index (χ4v) is 2.53. The molecular formula is C17H28Cl2N2. The molecule has 0 saturated carbocycles. The first kappa shape index (κ1) is 20.3. The van der Waals surface area contributed by atoms with E-state index in [1.165, 1.54) is 43.4 Å². The van der Waals surface area contributed by atoms with Crippen molar-refractivity contribution < 1.29 is 0 Å². The second kappa shape index (κ2) is 10.9. The number of hydrogen-bond donors (Lipinski definition) is 1. The Morgan fingerprint density at radius 1 is 1.05 bits per heavy atom. The highest BCUT2D eigenvalue weighted by molar-refractivity contribution is 5.85. The summed E-state index contributed by atoms with van der Waals surface area (Å²) in [6.07, 6.45) is 9.04. The minimum atomic E-state index is 0. The van der Waals surface area contributed by atoms with Gasteiger partial charge < -0.3 is 10.2 Å². The van der Waals surface area contributed by atoms with Gasteiger partial charge in [-0.05, 0) is 56.3 Å². The van der Waals surface area contributed by atoms with E-state index < -0.39 is 0 Å². The number of anilines is 1. The Kier molecular flexibility index (Phi) is 10.6. The van der Waals surface area contributed by atoms with Crippen LogP contribution in [0.2, 0.25) is 0 Å². The maximum Gasteiger partial charge on any atom is 0.0361 e. The quantitative estimate of drug-likeness (QED) is 0.606. The smallest absolute Gasteiger partial charge is 0.0361 e. The van der Waals surface area contributed by atoms with Crippen molar-refractivity contribution in [3.05, 3.63) is 41.5 Å². The van der Waals surface area contributed by atoms with Gasteiger partial charge in [0.15, 0.2) is 0 Å². The predicted octanol–water partition coefficient (Wildman–Crippen LogP) is 4.58. The zero-order valence-corrected chi connectivity index (χ0v) is 14.7. The molecule has 0 aliphatic heterocycles. The van der Waals surface area contributed by atoms with Gasteiger partial charge in [-0.3, -0.25) is 0 Å². The number of nitrogens with one attached hydrogen (secondary N) is 1. The lowest BCUT2D eigenvalue weighted by atomic mass is 9.97. The molecule has 0 unspecified atom stereocenters. The lowest BCUT2D eigenvalue weighted by Crippen LogP contribution is -2.16. The first-order valence-electron chi connectivity index (χ1n) is 7.40. The third kappa shape index (κ3) is 7.21. The molecule has 120 valence electrons. The van der Waals surface area contributed by atoms with Crippen molar-refractivity contribution in [2.75, 3.05) is 25.5 Å². The molecule has 0 amide bonds. The van der Waals surface area contributed by atoms with Crippen LogP contribution in [-0.4, -0.2) is 20.6 Å². The number of benzene rings is 1. The van der Waals surface area contributed by atoms with Gasteiger partial charge in [-0.25, -0.2) is 0 Å². The minimum Gasteiger partial charge on any atom is -0.378 e. The lowest BCUT2D eigenvalue weighted by Gasteiger charge is -2.14. The van der Waals surface area contributed by atoms with Crippen LogP contribution in [0.1, 0.15) is 37.7 Å². The fourth-order valence-electron chi connectivity index (χ4n) is 2.53. The number of nitrogens with zero attached hydrogens (tertiary/aromatic N) is 1. The number of rotatable bonds is 6. The van der Waals surface area contributed by atoms with Crippen molar-refractivity contribution in [3.63, 3.8) is 0 Å². The summed E-state index contributed by atoms with van der Waals surface area (Å²) < 4.78 is 0. The Hall–Kier alpha value is -0.700. The molecule has 0 heterocycles. The average Bonchev–Trinajstić information content (AvgIpc) is 2.45. The van der Waals surface area contributed by atoms with Crippen molar-refractivity contribution in [2.24, 2.45) is 0 Å². The Morgan fingerprint density at radius 2 is 1.76 bits per heavy atom. The monoisotopic (exact) mass is 330 g/mol. The molecule has 1 aliphatic rings. The zero-order valence-electron chi connectivity index (χ0n) is 13.1. The minimum absolute atomic E-state index is 0. The van der Waals surface area contributed by atoms with E-state index in [-0.39, 0.29) is 24.8 Å². The van der Waals surface area contributed by atoms with Crippen LogP contribution in [0.5, 0.6) is 0 Å². The summed E-state index contributed by atoms with van der Waals surface area (Å²) in [6, 6.07) is 8.78. The summed E-state index contributed by atoms with van der Waals surface area (Å²) in [7, 11) is 4.15. The molecule has 1 aromatic carbocycles. The molecule has 0 spiro atoms. The molecule has 21 heavy (non-hydrogen) atoms. The van der Waals surface area contributed by atoms with Gasteiger partial charge in [-0.2, -0.15) is 0 Å². The topological polar surface area (TPSA) is 15.3 Å². The van der Waals surface area contributed by atoms with Gasteiger partial charge >= 0.3 is 0 Å². The molecular weight excluding hydrogens is 303 g/mol. The van der Waals surface area contributed by atoms with Crippen molar-refractivity contribution in [1.29, 1.82) is 0 Å². The molecule has 0 radical (unpaired) electrons. The van der Waals surface area contributed by atoms with E-state index in [4.69, 9.17) is 0 Å². The summed E-state index contributed by atoms with van der Waals surface area (Å²) in [4.78, 5) is 2.13. The third-order valence-electron chi connectivity index (χ3n) is 3.79. The van der Waals surface area contributed by atoms with Crippen LogP contribution < -0.4 is 10.2 Å². The molecule has 4 heteroatoms. The maximum atomic E-state index is 3.54. The van der Waals surface area contributed by atoms with Crippen molar-refractivity contribution >= 4 is 30.5 Å². The molecule has 0 aromatic heterocycles. The highest BCUT2D eigenvalue weighted by Crippen LogP contribution is 2.19. The highest BCUT2D eigenvalue weighted by atomic mass is 35.5. The molecule has 1 aliphatic carbocycles. The Bertz CT molecular complexity index is 413. The lowest BCUT2D eigenvalue weighted by molar-refractivity contribution is 0.632. The first-order chi connectivity index (χ1) is 9.25. The third-order valence-corrected chi connectivity index (χ3v) is 3.79. The second-order valence-corrected chi connectivity index (χ2v) is 5.60. The van der Waals surface area contributed by atoms with Gasteiger partial charge in [0.1, 0.15) is 0 Å². The van der Waals surface area contributed by atoms with Crippen LogP contribution >= 0.6 is 24.8 Å². The number of halogens is 2. The van der Waals surface area contributed by atoms with E-state index in [2.05, 4.69) is 54.7 Å². The summed E-state index contributed by atoms with van der Waals surface area (Å²) >= 11 is 0. The van der Waals surface area contributed by atoms with Crippen LogP contribution in [0.15, 0.2) is 35.9 Å². The molecule has 1 aromatic rings. The second-order valence-electron chi connectivity index (χ2n) is 5.60. The predicted molar refractivity (Wildman–Crippen MR) is 98.1 cm³/mol. The number of allylic oxidation sites excluding steroid dienone is 1. The van der Waals surface area contributed by atoms with E-state index in [0.717, 1.165) is 13.1 Å². The zero-order chi connectivity index (χ0) is 13.5. The molecule has 0 fully saturated rings. The fraction of sp³-hybridized carbons (Fsp3) is 0.529. The molecule has 0 bridgehead atoms. The summed E-state index contributed by atoms with van der Waals surface area (Å²) in [5, 5.41) is 3.54. The SMILES string of the molecule is CN(C)c1ccc(CNCCC2=CCCCC2)cc1.Cl.Cl. The van der Waals surface area contributed by atoms with E-state index in [9.17, 15) is 0 Å². The van der Waals surface area contributed by atoms with E-state index in [1.54, 1.807) is 5.57 Å². The van der Waals surface area contributed by atoms with Gasteiger partial charge in [0, 0.05) is 26.3 Å². The largest absolute Gasteiger partial charge is 0.378 e. The highest BCUT2D eigenvalue weighted by Gasteiger charge is 2.03. The number of hydrogen-bond acceptors (Lipinski definition) is 2. The van der Waals surface area contributed by atoms with Crippen LogP contribution in [0.4, 0.5) is 5.69 Å². The Morgan fingerprint density at radius 3 is 2.33 bits per heavy atom. The Balaban J connectivity index is 0.00000200. The normalized spacial score (nSPS) is 13.7.